The normalized spacial score (nSPS) is 11.9. The van der Waals surface area contributed by atoms with Crippen LogP contribution in [-0.4, -0.2) is 20.6 Å². The highest BCUT2D eigenvalue weighted by Gasteiger charge is 2.15. The van der Waals surface area contributed by atoms with Crippen molar-refractivity contribution in [3.8, 4) is 0 Å². The van der Waals surface area contributed by atoms with Crippen LogP contribution in [0.15, 0.2) is 66.7 Å². The molecule has 2 rings (SSSR count). The molecule has 0 aliphatic heterocycles. The average Bonchev–Trinajstić information content (AvgIpc) is 2.41. The van der Waals surface area contributed by atoms with E-state index >= 15 is 0 Å². The van der Waals surface area contributed by atoms with Crippen molar-refractivity contribution >= 4 is 11.8 Å². The minimum Gasteiger partial charge on any atom is -0.293 e. The van der Waals surface area contributed by atoms with Crippen LogP contribution in [-0.2, 0) is 0 Å². The van der Waals surface area contributed by atoms with Crippen molar-refractivity contribution < 1.29 is 0 Å². The Balaban J connectivity index is 2.04. The molecule has 0 amide bonds. The Hall–Kier alpha value is -1.86. The number of likely N-dealkylation sites (N-methyl/N-ethyl adjacent to an activating group) is 1. The van der Waals surface area contributed by atoms with Gasteiger partial charge in [-0.05, 0) is 23.8 Å². The Morgan fingerprint density at radius 3 is 2.00 bits per heavy atom. The number of para-hydroxylation sites is 1. The van der Waals surface area contributed by atoms with E-state index in [0.717, 1.165) is 11.0 Å². The molecule has 0 atom stereocenters. The molecule has 0 unspecified atom stereocenters. The summed E-state index contributed by atoms with van der Waals surface area (Å²) in [4.78, 5) is 0. The quantitative estimate of drug-likeness (QED) is 0.707. The van der Waals surface area contributed by atoms with Gasteiger partial charge in [0.15, 0.2) is 0 Å². The van der Waals surface area contributed by atoms with Crippen LogP contribution in [0.2, 0.25) is 0 Å². The van der Waals surface area contributed by atoms with Gasteiger partial charge < -0.3 is 0 Å². The zero-order valence-corrected chi connectivity index (χ0v) is 11.1. The van der Waals surface area contributed by atoms with Gasteiger partial charge in [-0.2, -0.15) is 0 Å². The summed E-state index contributed by atoms with van der Waals surface area (Å²) in [6, 6.07) is 21.0. The number of nitrogens with zero attached hydrogens (tertiary/aromatic N) is 1. The van der Waals surface area contributed by atoms with Crippen molar-refractivity contribution in [1.82, 2.24) is 4.48 Å². The topological polar surface area (TPSA) is 0 Å². The maximum Gasteiger partial charge on any atom is 0.132 e. The lowest BCUT2D eigenvalue weighted by Gasteiger charge is -2.27. The van der Waals surface area contributed by atoms with E-state index in [2.05, 4.69) is 80.8 Å². The summed E-state index contributed by atoms with van der Waals surface area (Å²) >= 11 is 0. The first-order valence-electron chi connectivity index (χ1n) is 6.29. The number of quaternary nitrogens is 1. The fourth-order valence-electron chi connectivity index (χ4n) is 1.95. The van der Waals surface area contributed by atoms with Crippen molar-refractivity contribution in [2.75, 3.05) is 20.6 Å². The molecule has 0 saturated carbocycles. The summed E-state index contributed by atoms with van der Waals surface area (Å²) in [7, 11) is 4.45. The number of hydrogen-bond donors (Lipinski definition) is 0. The molecule has 92 valence electrons. The predicted molar refractivity (Wildman–Crippen MR) is 80.4 cm³/mol. The number of rotatable bonds is 4. The molecule has 0 heterocycles. The summed E-state index contributed by atoms with van der Waals surface area (Å²) in [5.41, 5.74) is 2.58. The minimum absolute atomic E-state index is 0.865. The van der Waals surface area contributed by atoms with Crippen LogP contribution in [0.25, 0.3) is 6.08 Å². The van der Waals surface area contributed by atoms with E-state index in [1.807, 2.05) is 6.07 Å². The second-order valence-corrected chi connectivity index (χ2v) is 5.02. The van der Waals surface area contributed by atoms with E-state index in [-0.39, 0.29) is 0 Å². The molecular formula is C17H20N+. The molecular weight excluding hydrogens is 218 g/mol. The molecule has 0 aromatic heterocycles. The molecule has 1 nitrogen and oxygen atoms in total. The smallest absolute Gasteiger partial charge is 0.132 e. The Labute approximate surface area is 110 Å². The van der Waals surface area contributed by atoms with Crippen molar-refractivity contribution in [1.29, 1.82) is 0 Å². The zero-order valence-electron chi connectivity index (χ0n) is 11.1. The number of hydrogen-bond acceptors (Lipinski definition) is 0. The van der Waals surface area contributed by atoms with Crippen molar-refractivity contribution in [3.05, 3.63) is 72.3 Å². The Morgan fingerprint density at radius 1 is 0.833 bits per heavy atom. The Kier molecular flexibility index (Phi) is 3.96. The molecule has 2 aromatic carbocycles. The van der Waals surface area contributed by atoms with Gasteiger partial charge in [0.1, 0.15) is 12.2 Å². The highest BCUT2D eigenvalue weighted by molar-refractivity contribution is 5.50. The molecule has 0 spiro atoms. The summed E-state index contributed by atoms with van der Waals surface area (Å²) in [6.45, 7) is 0.985. The standard InChI is InChI=1S/C17H20N/c1-18(2,17-13-7-4-8-14-17)15-9-12-16-10-5-3-6-11-16/h3-14H,15H2,1-2H3/q+1. The first-order chi connectivity index (χ1) is 8.68. The van der Waals surface area contributed by atoms with Gasteiger partial charge in [-0.15, -0.1) is 0 Å². The second-order valence-electron chi connectivity index (χ2n) is 5.02. The van der Waals surface area contributed by atoms with Gasteiger partial charge in [0, 0.05) is 0 Å². The molecule has 0 N–H and O–H groups in total. The lowest BCUT2D eigenvalue weighted by molar-refractivity contribution is 0.442. The maximum atomic E-state index is 2.24. The molecule has 0 bridgehead atoms. The lowest BCUT2D eigenvalue weighted by Crippen LogP contribution is -2.40. The largest absolute Gasteiger partial charge is 0.293 e. The van der Waals surface area contributed by atoms with Gasteiger partial charge in [-0.25, -0.2) is 0 Å². The van der Waals surface area contributed by atoms with Gasteiger partial charge in [0.2, 0.25) is 0 Å². The third-order valence-electron chi connectivity index (χ3n) is 3.13. The fourth-order valence-corrected chi connectivity index (χ4v) is 1.95. The third kappa shape index (κ3) is 3.31. The molecule has 0 radical (unpaired) electrons. The molecule has 0 aliphatic rings. The first-order valence-corrected chi connectivity index (χ1v) is 6.29. The molecule has 0 fully saturated rings. The fraction of sp³-hybridized carbons (Fsp3) is 0.176. The van der Waals surface area contributed by atoms with Gasteiger partial charge in [-0.3, -0.25) is 4.48 Å². The maximum absolute atomic E-state index is 2.24. The highest BCUT2D eigenvalue weighted by Crippen LogP contribution is 2.17. The van der Waals surface area contributed by atoms with Crippen molar-refractivity contribution in [3.63, 3.8) is 0 Å². The van der Waals surface area contributed by atoms with E-state index in [1.165, 1.54) is 11.3 Å². The monoisotopic (exact) mass is 238 g/mol. The Morgan fingerprint density at radius 2 is 1.39 bits per heavy atom. The van der Waals surface area contributed by atoms with Gasteiger partial charge in [-0.1, -0.05) is 54.6 Å². The molecule has 0 saturated heterocycles. The van der Waals surface area contributed by atoms with Gasteiger partial charge in [0.05, 0.1) is 14.1 Å². The molecule has 0 aliphatic carbocycles. The minimum atomic E-state index is 0.865. The van der Waals surface area contributed by atoms with Crippen LogP contribution in [0.3, 0.4) is 0 Å². The van der Waals surface area contributed by atoms with Crippen LogP contribution in [0, 0.1) is 0 Å². The van der Waals surface area contributed by atoms with Crippen molar-refractivity contribution in [2.45, 2.75) is 0 Å². The zero-order chi connectivity index (χ0) is 12.8. The van der Waals surface area contributed by atoms with E-state index in [0.29, 0.717) is 0 Å². The third-order valence-corrected chi connectivity index (χ3v) is 3.13. The SMILES string of the molecule is C[N+](C)(CC=Cc1ccccc1)c1ccccc1. The Bertz CT molecular complexity index is 498. The summed E-state index contributed by atoms with van der Waals surface area (Å²) in [5, 5.41) is 0. The summed E-state index contributed by atoms with van der Waals surface area (Å²) in [5.74, 6) is 0. The summed E-state index contributed by atoms with van der Waals surface area (Å²) in [6.07, 6.45) is 4.42. The highest BCUT2D eigenvalue weighted by atomic mass is 15.3. The van der Waals surface area contributed by atoms with Crippen LogP contribution in [0.5, 0.6) is 0 Å². The van der Waals surface area contributed by atoms with Gasteiger partial charge in [0.25, 0.3) is 0 Å². The van der Waals surface area contributed by atoms with Gasteiger partial charge >= 0.3 is 0 Å². The predicted octanol–water partition coefficient (Wildman–Crippen LogP) is 3.97. The lowest BCUT2D eigenvalue weighted by atomic mass is 10.2. The average molecular weight is 238 g/mol. The van der Waals surface area contributed by atoms with E-state index in [9.17, 15) is 0 Å². The second kappa shape index (κ2) is 5.65. The van der Waals surface area contributed by atoms with E-state index in [4.69, 9.17) is 0 Å². The molecule has 2 aromatic rings. The summed E-state index contributed by atoms with van der Waals surface area (Å²) < 4.78 is 0.865. The van der Waals surface area contributed by atoms with Crippen LogP contribution in [0.1, 0.15) is 5.56 Å². The molecule has 18 heavy (non-hydrogen) atoms. The van der Waals surface area contributed by atoms with Crippen LogP contribution >= 0.6 is 0 Å². The number of benzene rings is 2. The van der Waals surface area contributed by atoms with Crippen molar-refractivity contribution in [2.24, 2.45) is 0 Å². The van der Waals surface area contributed by atoms with E-state index in [1.54, 1.807) is 0 Å². The first kappa shape index (κ1) is 12.6. The molecule has 1 heteroatoms. The van der Waals surface area contributed by atoms with Crippen LogP contribution in [0.4, 0.5) is 5.69 Å². The van der Waals surface area contributed by atoms with E-state index < -0.39 is 0 Å². The van der Waals surface area contributed by atoms with Crippen LogP contribution < -0.4 is 4.48 Å².